The van der Waals surface area contributed by atoms with Crippen molar-refractivity contribution in [3.05, 3.63) is 35.4 Å². The standard InChI is InChI=1S/C11H11F3O/c12-11(13,14)9-3-1-2-7(4-9)8-5-10(15)6-8/h1-4,8,10,15H,5-6H2/t8-,10+. The third-order valence-electron chi connectivity index (χ3n) is 2.80. The lowest BCUT2D eigenvalue weighted by molar-refractivity contribution is -0.137. The summed E-state index contributed by atoms with van der Waals surface area (Å²) < 4.78 is 37.1. The molecule has 0 aromatic heterocycles. The lowest BCUT2D eigenvalue weighted by Gasteiger charge is -2.32. The average Bonchev–Trinajstić information content (AvgIpc) is 2.12. The van der Waals surface area contributed by atoms with Gasteiger partial charge in [-0.15, -0.1) is 0 Å². The van der Waals surface area contributed by atoms with Crippen LogP contribution < -0.4 is 0 Å². The molecule has 0 radical (unpaired) electrons. The number of aliphatic hydroxyl groups is 1. The molecule has 1 aromatic carbocycles. The van der Waals surface area contributed by atoms with Crippen molar-refractivity contribution < 1.29 is 18.3 Å². The van der Waals surface area contributed by atoms with E-state index in [1.54, 1.807) is 6.07 Å². The highest BCUT2D eigenvalue weighted by atomic mass is 19.4. The van der Waals surface area contributed by atoms with Crippen LogP contribution in [0.1, 0.15) is 29.9 Å². The Morgan fingerprint density at radius 3 is 2.40 bits per heavy atom. The molecule has 0 spiro atoms. The van der Waals surface area contributed by atoms with Crippen molar-refractivity contribution in [3.8, 4) is 0 Å². The van der Waals surface area contributed by atoms with Crippen molar-refractivity contribution >= 4 is 0 Å². The van der Waals surface area contributed by atoms with Crippen LogP contribution in [0, 0.1) is 0 Å². The first-order valence-corrected chi connectivity index (χ1v) is 4.82. The van der Waals surface area contributed by atoms with Gasteiger partial charge in [0, 0.05) is 0 Å². The Kier molecular flexibility index (Phi) is 2.46. The van der Waals surface area contributed by atoms with E-state index in [1.807, 2.05) is 0 Å². The van der Waals surface area contributed by atoms with Gasteiger partial charge < -0.3 is 5.11 Å². The summed E-state index contributed by atoms with van der Waals surface area (Å²) in [6, 6.07) is 5.35. The predicted octanol–water partition coefficient (Wildman–Crippen LogP) is 2.94. The van der Waals surface area contributed by atoms with Gasteiger partial charge in [-0.05, 0) is 30.4 Å². The Labute approximate surface area is 85.5 Å². The average molecular weight is 216 g/mol. The second-order valence-electron chi connectivity index (χ2n) is 3.95. The maximum Gasteiger partial charge on any atom is 0.416 e. The maximum atomic E-state index is 12.4. The molecule has 1 nitrogen and oxygen atoms in total. The summed E-state index contributed by atoms with van der Waals surface area (Å²) in [5, 5.41) is 9.09. The first kappa shape index (κ1) is 10.5. The van der Waals surface area contributed by atoms with Crippen LogP contribution in [-0.4, -0.2) is 11.2 Å². The molecule has 0 heterocycles. The van der Waals surface area contributed by atoms with E-state index in [-0.39, 0.29) is 12.0 Å². The zero-order chi connectivity index (χ0) is 11.1. The normalized spacial score (nSPS) is 26.1. The van der Waals surface area contributed by atoms with Gasteiger partial charge in [0.25, 0.3) is 0 Å². The second kappa shape index (κ2) is 3.52. The van der Waals surface area contributed by atoms with E-state index in [4.69, 9.17) is 5.11 Å². The molecule has 0 saturated heterocycles. The fraction of sp³-hybridized carbons (Fsp3) is 0.455. The Bertz CT molecular complexity index is 353. The summed E-state index contributed by atoms with van der Waals surface area (Å²) in [5.74, 6) is 0.0855. The molecule has 0 bridgehead atoms. The number of alkyl halides is 3. The minimum atomic E-state index is -4.28. The number of benzene rings is 1. The number of hydrogen-bond acceptors (Lipinski definition) is 1. The van der Waals surface area contributed by atoms with E-state index >= 15 is 0 Å². The van der Waals surface area contributed by atoms with Gasteiger partial charge in [0.15, 0.2) is 0 Å². The van der Waals surface area contributed by atoms with Crippen molar-refractivity contribution in [1.82, 2.24) is 0 Å². The molecule has 1 N–H and O–H groups in total. The van der Waals surface area contributed by atoms with Crippen LogP contribution in [-0.2, 0) is 6.18 Å². The van der Waals surface area contributed by atoms with Gasteiger partial charge in [0.1, 0.15) is 0 Å². The molecule has 1 aliphatic carbocycles. The van der Waals surface area contributed by atoms with Crippen molar-refractivity contribution in [2.75, 3.05) is 0 Å². The third kappa shape index (κ3) is 2.15. The Hall–Kier alpha value is -1.03. The minimum Gasteiger partial charge on any atom is -0.393 e. The zero-order valence-corrected chi connectivity index (χ0v) is 7.96. The Balaban J connectivity index is 2.20. The van der Waals surface area contributed by atoms with E-state index in [9.17, 15) is 13.2 Å². The SMILES string of the molecule is O[C@H]1C[C@@H](c2cccc(C(F)(F)F)c2)C1. The molecule has 82 valence electrons. The minimum absolute atomic E-state index is 0.0855. The van der Waals surface area contributed by atoms with Gasteiger partial charge in [-0.2, -0.15) is 13.2 Å². The molecule has 4 heteroatoms. The second-order valence-corrected chi connectivity index (χ2v) is 3.95. The molecule has 1 aromatic rings. The molecule has 0 aliphatic heterocycles. The summed E-state index contributed by atoms with van der Waals surface area (Å²) in [5.41, 5.74) is 0.0662. The maximum absolute atomic E-state index is 12.4. The van der Waals surface area contributed by atoms with Crippen LogP contribution in [0.3, 0.4) is 0 Å². The highest BCUT2D eigenvalue weighted by Gasteiger charge is 2.33. The van der Waals surface area contributed by atoms with Gasteiger partial charge in [-0.1, -0.05) is 18.2 Å². The third-order valence-corrected chi connectivity index (χ3v) is 2.80. The van der Waals surface area contributed by atoms with Gasteiger partial charge in [0.05, 0.1) is 11.7 Å². The number of hydrogen-bond donors (Lipinski definition) is 1. The summed E-state index contributed by atoms with van der Waals surface area (Å²) in [6.07, 6.45) is -3.48. The van der Waals surface area contributed by atoms with Gasteiger partial charge >= 0.3 is 6.18 Å². The monoisotopic (exact) mass is 216 g/mol. The van der Waals surface area contributed by atoms with Crippen molar-refractivity contribution in [1.29, 1.82) is 0 Å². The Morgan fingerprint density at radius 2 is 1.87 bits per heavy atom. The van der Waals surface area contributed by atoms with Crippen molar-refractivity contribution in [3.63, 3.8) is 0 Å². The molecular weight excluding hydrogens is 205 g/mol. The molecule has 1 fully saturated rings. The lowest BCUT2D eigenvalue weighted by atomic mass is 9.77. The van der Waals surface area contributed by atoms with Crippen LogP contribution in [0.25, 0.3) is 0 Å². The van der Waals surface area contributed by atoms with E-state index in [0.29, 0.717) is 18.4 Å². The van der Waals surface area contributed by atoms with Crippen LogP contribution >= 0.6 is 0 Å². The first-order valence-electron chi connectivity index (χ1n) is 4.82. The van der Waals surface area contributed by atoms with Gasteiger partial charge in [-0.25, -0.2) is 0 Å². The van der Waals surface area contributed by atoms with E-state index < -0.39 is 11.7 Å². The van der Waals surface area contributed by atoms with Crippen molar-refractivity contribution in [2.24, 2.45) is 0 Å². The number of halogens is 3. The molecule has 1 saturated carbocycles. The molecule has 0 amide bonds. The number of aliphatic hydroxyl groups excluding tert-OH is 1. The lowest BCUT2D eigenvalue weighted by Crippen LogP contribution is -2.26. The van der Waals surface area contributed by atoms with Crippen LogP contribution in [0.2, 0.25) is 0 Å². The Morgan fingerprint density at radius 1 is 1.20 bits per heavy atom. The summed E-state index contributed by atoms with van der Waals surface area (Å²) in [7, 11) is 0. The van der Waals surface area contributed by atoms with E-state index in [1.165, 1.54) is 12.1 Å². The molecule has 15 heavy (non-hydrogen) atoms. The fourth-order valence-corrected chi connectivity index (χ4v) is 1.83. The van der Waals surface area contributed by atoms with Gasteiger partial charge in [0.2, 0.25) is 0 Å². The van der Waals surface area contributed by atoms with Crippen LogP contribution in [0.15, 0.2) is 24.3 Å². The first-order chi connectivity index (χ1) is 6.97. The van der Waals surface area contributed by atoms with Crippen LogP contribution in [0.4, 0.5) is 13.2 Å². The molecule has 1 aliphatic rings. The quantitative estimate of drug-likeness (QED) is 0.765. The van der Waals surface area contributed by atoms with E-state index in [0.717, 1.165) is 6.07 Å². The largest absolute Gasteiger partial charge is 0.416 e. The highest BCUT2D eigenvalue weighted by molar-refractivity contribution is 5.29. The fourth-order valence-electron chi connectivity index (χ4n) is 1.83. The summed E-state index contributed by atoms with van der Waals surface area (Å²) >= 11 is 0. The summed E-state index contributed by atoms with van der Waals surface area (Å²) in [4.78, 5) is 0. The summed E-state index contributed by atoms with van der Waals surface area (Å²) in [6.45, 7) is 0. The number of rotatable bonds is 1. The highest BCUT2D eigenvalue weighted by Crippen LogP contribution is 2.39. The topological polar surface area (TPSA) is 20.2 Å². The van der Waals surface area contributed by atoms with E-state index in [2.05, 4.69) is 0 Å². The smallest absolute Gasteiger partial charge is 0.393 e. The van der Waals surface area contributed by atoms with Gasteiger partial charge in [-0.3, -0.25) is 0 Å². The molecule has 0 atom stereocenters. The van der Waals surface area contributed by atoms with Crippen molar-refractivity contribution in [2.45, 2.75) is 31.0 Å². The predicted molar refractivity (Wildman–Crippen MR) is 49.4 cm³/mol. The molecule has 2 rings (SSSR count). The molecular formula is C11H11F3O. The molecule has 0 unspecified atom stereocenters. The zero-order valence-electron chi connectivity index (χ0n) is 7.96. The van der Waals surface area contributed by atoms with Crippen LogP contribution in [0.5, 0.6) is 0 Å².